The molecular weight excluding hydrogens is 1130 g/mol. The predicted molar refractivity (Wildman–Crippen MR) is 334 cm³/mol. The fourth-order valence-electron chi connectivity index (χ4n) is 12.0. The first kappa shape index (κ1) is 62.5. The molecule has 3 aliphatic rings. The lowest BCUT2D eigenvalue weighted by Crippen LogP contribution is -2.51. The number of anilines is 4. The van der Waals surface area contributed by atoms with Crippen LogP contribution in [0, 0.1) is 0 Å². The second kappa shape index (κ2) is 25.9. The van der Waals surface area contributed by atoms with E-state index in [9.17, 15) is 35.5 Å². The molecule has 0 saturated carbocycles. The van der Waals surface area contributed by atoms with E-state index in [-0.39, 0.29) is 53.0 Å². The Bertz CT molecular complexity index is 3820. The fourth-order valence-corrected chi connectivity index (χ4v) is 13.1. The number of methoxy groups -OCH3 is 2. The number of nitrogen functional groups attached to an aromatic ring is 1. The van der Waals surface area contributed by atoms with Gasteiger partial charge in [-0.15, -0.1) is 0 Å². The quantitative estimate of drug-likeness (QED) is 0.0227. The lowest BCUT2D eigenvalue weighted by Gasteiger charge is -2.42. The van der Waals surface area contributed by atoms with Crippen molar-refractivity contribution in [3.8, 4) is 17.2 Å². The summed E-state index contributed by atoms with van der Waals surface area (Å²) >= 11 is 0. The number of carbonyl (C=O) groups excluding carboxylic acids is 2. The second-order valence-corrected chi connectivity index (χ2v) is 25.7. The van der Waals surface area contributed by atoms with Crippen LogP contribution in [0.4, 0.5) is 23.1 Å². The van der Waals surface area contributed by atoms with Gasteiger partial charge in [-0.3, -0.25) is 18.7 Å². The van der Waals surface area contributed by atoms with Crippen molar-refractivity contribution in [1.82, 2.24) is 20.2 Å². The van der Waals surface area contributed by atoms with E-state index in [1.165, 1.54) is 18.2 Å². The standard InChI is InChI=1S/C64H77N9O11S2/c1-8-71-52-28-26-45(85(76,77)78)36-48(52)63(2,3)57(71)23-14-10-15-24-58-64(4,5)49-37-46(86(79,80)81)27-29-53(49)72(58)31-17-11-16-25-59(74)67-30-34-84-44-22-18-21-43(35-44)54-41-70(60(75)39-50(65)42-19-12-9-13-20-42)32-33-73(54)62-68-51-40-56(83-7)55(82-6)38-47(51)61(66)69-62/h9-10,12-15,18-24,26-29,35-38,40,50,54,57H,8,11,16-17,25,30-34,39,41,65H2,1-7H3,(H,67,74)(H2,66,68,69)(H,76,77,78)(H,79,80,81)/b15-10+,23-14+,58-24+/t50-,54?,57?/m1/s1. The van der Waals surface area contributed by atoms with E-state index in [1.54, 1.807) is 44.6 Å². The molecule has 0 radical (unpaired) electrons. The number of likely N-dealkylation sites (N-methyl/N-ethyl adjacent to an activating group) is 1. The number of hydrogen-bond acceptors (Lipinski definition) is 16. The van der Waals surface area contributed by atoms with Gasteiger partial charge in [0.15, 0.2) is 11.5 Å². The zero-order valence-electron chi connectivity index (χ0n) is 49.6. The van der Waals surface area contributed by atoms with Crippen LogP contribution in [0.15, 0.2) is 149 Å². The highest BCUT2D eigenvalue weighted by Crippen LogP contribution is 2.49. The molecule has 1 fully saturated rings. The molecule has 456 valence electrons. The Hall–Kier alpha value is -8.02. The number of benzene rings is 5. The summed E-state index contributed by atoms with van der Waals surface area (Å²) < 4.78 is 85.7. The second-order valence-electron chi connectivity index (χ2n) is 22.8. The Morgan fingerprint density at radius 2 is 1.50 bits per heavy atom. The van der Waals surface area contributed by atoms with Gasteiger partial charge in [0.05, 0.1) is 48.2 Å². The molecular formula is C64H77N9O11S2. The maximum Gasteiger partial charge on any atom is 0.294 e. The molecule has 2 amide bonds. The molecule has 5 aromatic carbocycles. The van der Waals surface area contributed by atoms with E-state index < -0.39 is 43.1 Å². The Labute approximate surface area is 504 Å². The normalized spacial score (nSPS) is 18.2. The minimum Gasteiger partial charge on any atom is -0.493 e. The van der Waals surface area contributed by atoms with Crippen LogP contribution in [-0.4, -0.2) is 119 Å². The molecule has 4 heterocycles. The number of carbonyl (C=O) groups is 2. The van der Waals surface area contributed by atoms with Gasteiger partial charge in [-0.2, -0.15) is 21.8 Å². The molecule has 2 unspecified atom stereocenters. The molecule has 20 nitrogen and oxygen atoms in total. The van der Waals surface area contributed by atoms with E-state index >= 15 is 0 Å². The molecule has 0 aliphatic carbocycles. The van der Waals surface area contributed by atoms with Crippen molar-refractivity contribution in [2.45, 2.75) is 105 Å². The van der Waals surface area contributed by atoms with Gasteiger partial charge in [0.2, 0.25) is 17.8 Å². The summed E-state index contributed by atoms with van der Waals surface area (Å²) in [4.78, 5) is 44.7. The molecule has 9 rings (SSSR count). The third kappa shape index (κ3) is 13.5. The molecule has 3 atom stereocenters. The van der Waals surface area contributed by atoms with E-state index in [4.69, 9.17) is 35.6 Å². The van der Waals surface area contributed by atoms with Crippen molar-refractivity contribution in [3.63, 3.8) is 0 Å². The Morgan fingerprint density at radius 3 is 2.20 bits per heavy atom. The summed E-state index contributed by atoms with van der Waals surface area (Å²) in [6.45, 7) is 13.0. The topological polar surface area (TPSA) is 273 Å². The number of allylic oxidation sites excluding steroid dienone is 5. The van der Waals surface area contributed by atoms with Crippen molar-refractivity contribution in [1.29, 1.82) is 0 Å². The van der Waals surface area contributed by atoms with Crippen molar-refractivity contribution in [3.05, 3.63) is 161 Å². The highest BCUT2D eigenvalue weighted by Gasteiger charge is 2.44. The van der Waals surface area contributed by atoms with Crippen LogP contribution >= 0.6 is 0 Å². The van der Waals surface area contributed by atoms with E-state index in [0.717, 1.165) is 52.2 Å². The van der Waals surface area contributed by atoms with Gasteiger partial charge in [0.1, 0.15) is 18.2 Å². The fraction of sp³-hybridized carbons (Fsp3) is 0.375. The smallest absolute Gasteiger partial charge is 0.294 e. The molecule has 1 saturated heterocycles. The van der Waals surface area contributed by atoms with E-state index in [1.807, 2.05) is 123 Å². The number of nitrogens with two attached hydrogens (primary N) is 2. The number of nitrogens with zero attached hydrogens (tertiary/aromatic N) is 6. The third-order valence-corrected chi connectivity index (χ3v) is 18.4. The van der Waals surface area contributed by atoms with Crippen molar-refractivity contribution in [2.24, 2.45) is 5.73 Å². The maximum absolute atomic E-state index is 13.9. The SMILES string of the molecule is CCN1c2ccc(S(=O)(=O)O)cc2C(C)(C)C1/C=C/C=C/C=C1/N(CCCCCC(=O)NCCOc2cccc(C3CN(C(=O)C[C@@H](N)c4ccccc4)CCN3c3nc(N)c4cc(OC)c(OC)cc4n3)c2)c2ccc(S(=O)(=O)O)cc2C1(C)C. The van der Waals surface area contributed by atoms with Gasteiger partial charge >= 0.3 is 0 Å². The number of ether oxygens (including phenoxy) is 3. The first-order chi connectivity index (χ1) is 40.9. The first-order valence-electron chi connectivity index (χ1n) is 28.8. The molecule has 7 N–H and O–H groups in total. The zero-order valence-corrected chi connectivity index (χ0v) is 51.3. The minimum absolute atomic E-state index is 0.0755. The lowest BCUT2D eigenvalue weighted by atomic mass is 9.80. The predicted octanol–water partition coefficient (Wildman–Crippen LogP) is 9.24. The number of unbranched alkanes of at least 4 members (excludes halogenated alkanes) is 2. The van der Waals surface area contributed by atoms with Crippen molar-refractivity contribution in [2.75, 3.05) is 80.5 Å². The van der Waals surface area contributed by atoms with Gasteiger partial charge in [0, 0.05) is 91.0 Å². The number of rotatable bonds is 23. The maximum atomic E-state index is 13.9. The van der Waals surface area contributed by atoms with Gasteiger partial charge in [0.25, 0.3) is 20.2 Å². The third-order valence-electron chi connectivity index (χ3n) is 16.7. The van der Waals surface area contributed by atoms with E-state index in [0.29, 0.717) is 79.7 Å². The van der Waals surface area contributed by atoms with Gasteiger partial charge in [-0.25, -0.2) is 4.98 Å². The Kier molecular flexibility index (Phi) is 18.8. The van der Waals surface area contributed by atoms with Crippen LogP contribution in [0.1, 0.15) is 101 Å². The molecule has 6 aromatic rings. The monoisotopic (exact) mass is 1210 g/mol. The number of fused-ring (bicyclic) bond motifs is 3. The number of nitrogens with one attached hydrogen (secondary N) is 1. The highest BCUT2D eigenvalue weighted by molar-refractivity contribution is 7.86. The van der Waals surface area contributed by atoms with Crippen LogP contribution in [0.5, 0.6) is 17.2 Å². The summed E-state index contributed by atoms with van der Waals surface area (Å²) in [6, 6.07) is 29.1. The number of hydrogen-bond donors (Lipinski definition) is 5. The summed E-state index contributed by atoms with van der Waals surface area (Å²) in [7, 11) is -5.74. The van der Waals surface area contributed by atoms with Gasteiger partial charge < -0.3 is 50.6 Å². The van der Waals surface area contributed by atoms with Crippen LogP contribution in [0.25, 0.3) is 10.9 Å². The summed E-state index contributed by atoms with van der Waals surface area (Å²) in [5.41, 5.74) is 18.5. The van der Waals surface area contributed by atoms with Gasteiger partial charge in [-0.1, -0.05) is 101 Å². The molecule has 86 heavy (non-hydrogen) atoms. The summed E-state index contributed by atoms with van der Waals surface area (Å²) in [5.74, 6) is 2.03. The lowest BCUT2D eigenvalue weighted by molar-refractivity contribution is -0.132. The Balaban J connectivity index is 0.815. The van der Waals surface area contributed by atoms with Crippen molar-refractivity contribution >= 4 is 66.1 Å². The number of amides is 2. The molecule has 0 spiro atoms. The number of aromatic nitrogens is 2. The van der Waals surface area contributed by atoms with E-state index in [2.05, 4.69) is 21.2 Å². The zero-order chi connectivity index (χ0) is 61.7. The minimum atomic E-state index is -4.46. The number of piperazine rings is 1. The molecule has 22 heteroatoms. The van der Waals surface area contributed by atoms with Crippen LogP contribution in [0.2, 0.25) is 0 Å². The average molecular weight is 1210 g/mol. The Morgan fingerprint density at radius 1 is 0.802 bits per heavy atom. The van der Waals surface area contributed by atoms with Crippen LogP contribution in [0.3, 0.4) is 0 Å². The highest BCUT2D eigenvalue weighted by atomic mass is 32.2. The van der Waals surface area contributed by atoms with Crippen LogP contribution in [-0.2, 0) is 40.7 Å². The molecule has 1 aromatic heterocycles. The van der Waals surface area contributed by atoms with Crippen molar-refractivity contribution < 1.29 is 49.7 Å². The summed E-state index contributed by atoms with van der Waals surface area (Å²) in [6.07, 6.45) is 12.4. The largest absolute Gasteiger partial charge is 0.493 e. The molecule has 3 aliphatic heterocycles. The van der Waals surface area contributed by atoms with Gasteiger partial charge in [-0.05, 0) is 103 Å². The average Bonchev–Trinajstić information content (AvgIpc) is 2.22. The molecule has 0 bridgehead atoms. The first-order valence-corrected chi connectivity index (χ1v) is 31.7. The van der Waals surface area contributed by atoms with Crippen LogP contribution < -0.4 is 45.7 Å². The summed E-state index contributed by atoms with van der Waals surface area (Å²) in [5, 5.41) is 3.59.